The molecule has 0 saturated heterocycles. The monoisotopic (exact) mass is 261 g/mol. The van der Waals surface area contributed by atoms with Crippen LogP contribution < -0.4 is 5.69 Å². The molecule has 0 amide bonds. The Kier molecular flexibility index (Phi) is 2.59. The average molecular weight is 261 g/mol. The van der Waals surface area contributed by atoms with Crippen molar-refractivity contribution in [3.63, 3.8) is 0 Å². The number of hydrogen-bond acceptors (Lipinski definition) is 5. The summed E-state index contributed by atoms with van der Waals surface area (Å²) in [5.41, 5.74) is 1.12. The molecular weight excluding hydrogens is 250 g/mol. The van der Waals surface area contributed by atoms with Crippen LogP contribution >= 0.6 is 11.8 Å². The Morgan fingerprint density at radius 2 is 2.39 bits per heavy atom. The van der Waals surface area contributed by atoms with Gasteiger partial charge in [-0.25, -0.2) is 14.8 Å². The van der Waals surface area contributed by atoms with Gasteiger partial charge < -0.3 is 4.98 Å². The summed E-state index contributed by atoms with van der Waals surface area (Å²) in [5.74, 6) is 0.0636. The van der Waals surface area contributed by atoms with Gasteiger partial charge in [0, 0.05) is 6.04 Å². The summed E-state index contributed by atoms with van der Waals surface area (Å²) in [6.45, 7) is 0. The number of H-pyrrole nitrogens is 1. The molecule has 18 heavy (non-hydrogen) atoms. The summed E-state index contributed by atoms with van der Waals surface area (Å²) >= 11 is 1.44. The second-order valence-corrected chi connectivity index (χ2v) is 5.12. The second-order valence-electron chi connectivity index (χ2n) is 4.35. The number of nitrogens with one attached hydrogen (secondary N) is 1. The smallest absolute Gasteiger partial charge is 0.303 e. The van der Waals surface area contributed by atoms with Crippen LogP contribution in [0.15, 0.2) is 16.1 Å². The van der Waals surface area contributed by atoms with Crippen LogP contribution in [0.4, 0.5) is 0 Å². The third-order valence-electron chi connectivity index (χ3n) is 3.28. The summed E-state index contributed by atoms with van der Waals surface area (Å²) < 4.78 is 1.66. The van der Waals surface area contributed by atoms with E-state index in [0.717, 1.165) is 12.8 Å². The molecule has 1 aliphatic carbocycles. The third-order valence-corrected chi connectivity index (χ3v) is 3.84. The maximum atomic E-state index is 11.9. The summed E-state index contributed by atoms with van der Waals surface area (Å²) in [6.07, 6.45) is 4.97. The molecule has 0 radical (unpaired) electrons. The molecule has 7 heteroatoms. The van der Waals surface area contributed by atoms with Crippen molar-refractivity contribution < 1.29 is 0 Å². The Morgan fingerprint density at radius 3 is 3.06 bits per heavy atom. The molecular formula is C11H11N5OS. The molecule has 0 spiro atoms. The van der Waals surface area contributed by atoms with Crippen LogP contribution in [0.5, 0.6) is 0 Å². The topological polar surface area (TPSA) is 87.4 Å². The average Bonchev–Trinajstić information content (AvgIpc) is 2.64. The van der Waals surface area contributed by atoms with Crippen LogP contribution in [0.1, 0.15) is 18.9 Å². The minimum Gasteiger partial charge on any atom is -0.303 e. The Balaban J connectivity index is 2.08. The predicted molar refractivity (Wildman–Crippen MR) is 67.3 cm³/mol. The van der Waals surface area contributed by atoms with Gasteiger partial charge in [-0.05, 0) is 19.1 Å². The van der Waals surface area contributed by atoms with Crippen molar-refractivity contribution in [2.24, 2.45) is 5.92 Å². The third kappa shape index (κ3) is 1.61. The van der Waals surface area contributed by atoms with Gasteiger partial charge in [-0.15, -0.1) is 0 Å². The quantitative estimate of drug-likeness (QED) is 0.650. The molecule has 92 valence electrons. The van der Waals surface area contributed by atoms with Crippen LogP contribution in [0, 0.1) is 17.2 Å². The fourth-order valence-corrected chi connectivity index (χ4v) is 2.58. The molecule has 0 aromatic carbocycles. The summed E-state index contributed by atoms with van der Waals surface area (Å²) in [6, 6.07) is 2.30. The zero-order valence-electron chi connectivity index (χ0n) is 9.75. The molecule has 1 N–H and O–H groups in total. The lowest BCUT2D eigenvalue weighted by molar-refractivity contribution is 0.248. The number of nitrogens with zero attached hydrogens (tertiary/aromatic N) is 4. The van der Waals surface area contributed by atoms with Crippen molar-refractivity contribution in [1.82, 2.24) is 19.5 Å². The molecule has 1 fully saturated rings. The minimum atomic E-state index is -0.168. The number of aromatic amines is 1. The summed E-state index contributed by atoms with van der Waals surface area (Å²) in [5, 5.41) is 9.44. The number of thioether (sulfide) groups is 1. The lowest BCUT2D eigenvalue weighted by atomic mass is 9.81. The molecule has 2 aromatic heterocycles. The normalized spacial score (nSPS) is 22.7. The first kappa shape index (κ1) is 11.3. The van der Waals surface area contributed by atoms with Gasteiger partial charge in [0.05, 0.1) is 18.2 Å². The van der Waals surface area contributed by atoms with E-state index in [9.17, 15) is 4.79 Å². The number of aromatic nitrogens is 4. The maximum Gasteiger partial charge on any atom is 0.327 e. The maximum absolute atomic E-state index is 11.9. The molecule has 0 unspecified atom stereocenters. The molecule has 1 saturated carbocycles. The molecule has 0 aliphatic heterocycles. The number of fused-ring (bicyclic) bond motifs is 1. The zero-order chi connectivity index (χ0) is 12.7. The molecule has 2 heterocycles. The zero-order valence-corrected chi connectivity index (χ0v) is 10.6. The fraction of sp³-hybridized carbons (Fsp3) is 0.455. The SMILES string of the molecule is CSc1ncc2[nH]c(=O)n([C@H]3C[C@@H](C#N)C3)c2n1. The van der Waals surface area contributed by atoms with Crippen molar-refractivity contribution in [2.75, 3.05) is 6.26 Å². The molecule has 6 nitrogen and oxygen atoms in total. The first-order valence-corrected chi connectivity index (χ1v) is 6.86. The molecule has 0 atom stereocenters. The van der Waals surface area contributed by atoms with E-state index in [0.29, 0.717) is 16.3 Å². The van der Waals surface area contributed by atoms with Crippen molar-refractivity contribution >= 4 is 22.9 Å². The summed E-state index contributed by atoms with van der Waals surface area (Å²) in [7, 11) is 0. The number of rotatable bonds is 2. The van der Waals surface area contributed by atoms with Gasteiger partial charge in [0.2, 0.25) is 0 Å². The second kappa shape index (κ2) is 4.14. The van der Waals surface area contributed by atoms with Crippen LogP contribution in [0.3, 0.4) is 0 Å². The van der Waals surface area contributed by atoms with Crippen LogP contribution in [-0.2, 0) is 0 Å². The van der Waals surface area contributed by atoms with E-state index in [1.54, 1.807) is 10.8 Å². The Bertz CT molecular complexity index is 692. The van der Waals surface area contributed by atoms with Gasteiger partial charge in [-0.3, -0.25) is 4.57 Å². The van der Waals surface area contributed by atoms with Gasteiger partial charge in [-0.1, -0.05) is 11.8 Å². The first-order chi connectivity index (χ1) is 8.72. The van der Waals surface area contributed by atoms with Crippen LogP contribution in [0.2, 0.25) is 0 Å². The molecule has 3 rings (SSSR count). The van der Waals surface area contributed by atoms with Crippen LogP contribution in [-0.4, -0.2) is 25.8 Å². The largest absolute Gasteiger partial charge is 0.327 e. The van der Waals surface area contributed by atoms with Gasteiger partial charge in [0.25, 0.3) is 0 Å². The Morgan fingerprint density at radius 1 is 1.61 bits per heavy atom. The van der Waals surface area contributed by atoms with Gasteiger partial charge >= 0.3 is 5.69 Å². The standard InChI is InChI=1S/C11H11N5OS/c1-18-10-13-5-8-9(15-10)16(11(17)14-8)7-2-6(3-7)4-12/h5-7H,2-3H2,1H3,(H,14,17)/t6-,7+. The molecule has 1 aliphatic rings. The van der Waals surface area contributed by atoms with E-state index in [1.165, 1.54) is 11.8 Å². The highest BCUT2D eigenvalue weighted by atomic mass is 32.2. The van der Waals surface area contributed by atoms with Crippen molar-refractivity contribution in [2.45, 2.75) is 24.0 Å². The lowest BCUT2D eigenvalue weighted by Gasteiger charge is -2.30. The highest BCUT2D eigenvalue weighted by Crippen LogP contribution is 2.37. The predicted octanol–water partition coefficient (Wildman–Crippen LogP) is 1.32. The van der Waals surface area contributed by atoms with E-state index in [4.69, 9.17) is 5.26 Å². The van der Waals surface area contributed by atoms with Crippen molar-refractivity contribution in [3.8, 4) is 6.07 Å². The van der Waals surface area contributed by atoms with Crippen LogP contribution in [0.25, 0.3) is 11.2 Å². The number of nitriles is 1. The van der Waals surface area contributed by atoms with E-state index < -0.39 is 0 Å². The van der Waals surface area contributed by atoms with Crippen molar-refractivity contribution in [3.05, 3.63) is 16.7 Å². The minimum absolute atomic E-state index is 0.0636. The van der Waals surface area contributed by atoms with E-state index in [-0.39, 0.29) is 17.6 Å². The fourth-order valence-electron chi connectivity index (χ4n) is 2.24. The summed E-state index contributed by atoms with van der Waals surface area (Å²) in [4.78, 5) is 23.2. The number of hydrogen-bond donors (Lipinski definition) is 1. The van der Waals surface area contributed by atoms with Gasteiger partial charge in [0.1, 0.15) is 5.52 Å². The molecule has 2 aromatic rings. The van der Waals surface area contributed by atoms with E-state index in [1.807, 2.05) is 6.26 Å². The highest BCUT2D eigenvalue weighted by molar-refractivity contribution is 7.98. The molecule has 0 bridgehead atoms. The lowest BCUT2D eigenvalue weighted by Crippen LogP contribution is -2.32. The Labute approximate surface area is 107 Å². The van der Waals surface area contributed by atoms with E-state index >= 15 is 0 Å². The van der Waals surface area contributed by atoms with Gasteiger partial charge in [-0.2, -0.15) is 5.26 Å². The highest BCUT2D eigenvalue weighted by Gasteiger charge is 2.33. The van der Waals surface area contributed by atoms with E-state index in [2.05, 4.69) is 21.0 Å². The van der Waals surface area contributed by atoms with Crippen molar-refractivity contribution in [1.29, 1.82) is 5.26 Å². The van der Waals surface area contributed by atoms with Gasteiger partial charge in [0.15, 0.2) is 10.8 Å². The Hall–Kier alpha value is -1.81. The number of imidazole rings is 1. The first-order valence-electron chi connectivity index (χ1n) is 5.63.